The number of anilines is 1. The maximum Gasteiger partial charge on any atom is 0.573 e. The maximum absolute atomic E-state index is 13.4. The monoisotopic (exact) mass is 349 g/mol. The van der Waals surface area contributed by atoms with Crippen molar-refractivity contribution in [3.8, 4) is 5.75 Å². The summed E-state index contributed by atoms with van der Waals surface area (Å²) in [6.45, 7) is 1.52. The number of aryl methyl sites for hydroxylation is 1. The van der Waals surface area contributed by atoms with Crippen molar-refractivity contribution in [3.05, 3.63) is 53.8 Å². The van der Waals surface area contributed by atoms with Crippen LogP contribution < -0.4 is 9.46 Å². The van der Waals surface area contributed by atoms with Crippen LogP contribution in [0.3, 0.4) is 0 Å². The highest BCUT2D eigenvalue weighted by Gasteiger charge is 2.31. The zero-order chi connectivity index (χ0) is 17.3. The molecule has 2 aromatic carbocycles. The van der Waals surface area contributed by atoms with Gasteiger partial charge in [0.05, 0.1) is 10.6 Å². The second-order valence-corrected chi connectivity index (χ2v) is 6.27. The lowest BCUT2D eigenvalue weighted by Crippen LogP contribution is -2.17. The molecule has 0 saturated carbocycles. The summed E-state index contributed by atoms with van der Waals surface area (Å²) in [4.78, 5) is -0.284. The summed E-state index contributed by atoms with van der Waals surface area (Å²) in [6.07, 6.45) is -4.86. The number of hydrogen-bond acceptors (Lipinski definition) is 3. The predicted octanol–water partition coefficient (Wildman–Crippen LogP) is 3.83. The molecule has 0 heterocycles. The average molecular weight is 349 g/mol. The molecule has 0 aromatic heterocycles. The van der Waals surface area contributed by atoms with Crippen molar-refractivity contribution >= 4 is 15.7 Å². The van der Waals surface area contributed by atoms with Crippen molar-refractivity contribution in [1.82, 2.24) is 0 Å². The molecule has 0 atom stereocenters. The number of rotatable bonds is 4. The minimum Gasteiger partial charge on any atom is -0.406 e. The first kappa shape index (κ1) is 17.1. The summed E-state index contributed by atoms with van der Waals surface area (Å²) in [5, 5.41) is 0. The smallest absolute Gasteiger partial charge is 0.406 e. The van der Waals surface area contributed by atoms with Gasteiger partial charge in [0.15, 0.2) is 0 Å². The molecule has 0 fully saturated rings. The van der Waals surface area contributed by atoms with Crippen molar-refractivity contribution in [2.24, 2.45) is 0 Å². The van der Waals surface area contributed by atoms with Crippen molar-refractivity contribution in [2.45, 2.75) is 18.2 Å². The van der Waals surface area contributed by atoms with Gasteiger partial charge in [-0.25, -0.2) is 12.8 Å². The molecule has 0 unspecified atom stereocenters. The van der Waals surface area contributed by atoms with Crippen molar-refractivity contribution in [2.75, 3.05) is 4.72 Å². The molecule has 1 N–H and O–H groups in total. The number of nitrogens with one attached hydrogen (secondary N) is 1. The predicted molar refractivity (Wildman–Crippen MR) is 75.1 cm³/mol. The summed E-state index contributed by atoms with van der Waals surface area (Å²) >= 11 is 0. The van der Waals surface area contributed by atoms with Crippen LogP contribution in [0.25, 0.3) is 0 Å². The Morgan fingerprint density at radius 1 is 1.04 bits per heavy atom. The molecule has 0 aliphatic heterocycles. The Morgan fingerprint density at radius 3 is 2.17 bits per heavy atom. The van der Waals surface area contributed by atoms with Gasteiger partial charge in [-0.1, -0.05) is 6.07 Å². The van der Waals surface area contributed by atoms with Crippen LogP contribution in [-0.2, 0) is 10.0 Å². The molecule has 4 nitrogen and oxygen atoms in total. The van der Waals surface area contributed by atoms with Crippen LogP contribution >= 0.6 is 0 Å². The van der Waals surface area contributed by atoms with Gasteiger partial charge >= 0.3 is 6.36 Å². The number of sulfonamides is 1. The minimum atomic E-state index is -4.86. The highest BCUT2D eigenvalue weighted by Crippen LogP contribution is 2.25. The van der Waals surface area contributed by atoms with Gasteiger partial charge in [-0.2, -0.15) is 0 Å². The number of hydrogen-bond donors (Lipinski definition) is 1. The molecular formula is C14H11F4NO3S. The van der Waals surface area contributed by atoms with E-state index in [9.17, 15) is 26.0 Å². The molecule has 0 aliphatic carbocycles. The van der Waals surface area contributed by atoms with Gasteiger partial charge in [-0.05, 0) is 48.9 Å². The summed E-state index contributed by atoms with van der Waals surface area (Å²) < 4.78 is 79.5. The third kappa shape index (κ3) is 4.59. The van der Waals surface area contributed by atoms with Gasteiger partial charge < -0.3 is 4.74 Å². The molecule has 2 rings (SSSR count). The van der Waals surface area contributed by atoms with Gasteiger partial charge in [0, 0.05) is 0 Å². The van der Waals surface area contributed by atoms with Gasteiger partial charge in [0.2, 0.25) is 0 Å². The number of halogens is 4. The van der Waals surface area contributed by atoms with Gasteiger partial charge in [0.25, 0.3) is 10.0 Å². The Labute approximate surface area is 129 Å². The fourth-order valence-electron chi connectivity index (χ4n) is 1.69. The first-order valence-corrected chi connectivity index (χ1v) is 7.70. The molecule has 23 heavy (non-hydrogen) atoms. The fourth-order valence-corrected chi connectivity index (χ4v) is 2.74. The standard InChI is InChI=1S/C14H11F4NO3S/c1-9-2-3-10(8-13(9)15)19-23(20,21)12-6-4-11(5-7-12)22-14(16,17)18/h2-8,19H,1H3. The topological polar surface area (TPSA) is 55.4 Å². The lowest BCUT2D eigenvalue weighted by atomic mass is 10.2. The SMILES string of the molecule is Cc1ccc(NS(=O)(=O)c2ccc(OC(F)(F)F)cc2)cc1F. The van der Waals surface area contributed by atoms with E-state index in [0.29, 0.717) is 5.56 Å². The van der Waals surface area contributed by atoms with Crippen molar-refractivity contribution in [3.63, 3.8) is 0 Å². The fraction of sp³-hybridized carbons (Fsp3) is 0.143. The van der Waals surface area contributed by atoms with E-state index >= 15 is 0 Å². The summed E-state index contributed by atoms with van der Waals surface area (Å²) in [6, 6.07) is 7.43. The van der Waals surface area contributed by atoms with Gasteiger partial charge in [-0.15, -0.1) is 13.2 Å². The van der Waals surface area contributed by atoms with Crippen molar-refractivity contribution in [1.29, 1.82) is 0 Å². The highest BCUT2D eigenvalue weighted by atomic mass is 32.2. The second-order valence-electron chi connectivity index (χ2n) is 4.59. The Bertz CT molecular complexity index is 802. The second kappa shape index (κ2) is 6.07. The van der Waals surface area contributed by atoms with E-state index in [1.807, 2.05) is 0 Å². The Kier molecular flexibility index (Phi) is 4.51. The summed E-state index contributed by atoms with van der Waals surface area (Å²) in [7, 11) is -4.06. The minimum absolute atomic E-state index is 0.00344. The molecule has 2 aromatic rings. The zero-order valence-electron chi connectivity index (χ0n) is 11.7. The molecule has 0 bridgehead atoms. The largest absolute Gasteiger partial charge is 0.573 e. The van der Waals surface area contributed by atoms with Crippen LogP contribution in [0.15, 0.2) is 47.4 Å². The highest BCUT2D eigenvalue weighted by molar-refractivity contribution is 7.92. The van der Waals surface area contributed by atoms with E-state index < -0.39 is 28.0 Å². The molecule has 0 aliphatic rings. The lowest BCUT2D eigenvalue weighted by molar-refractivity contribution is -0.274. The molecule has 9 heteroatoms. The van der Waals surface area contributed by atoms with Crippen LogP contribution in [0.5, 0.6) is 5.75 Å². The Morgan fingerprint density at radius 2 is 1.65 bits per heavy atom. The third-order valence-electron chi connectivity index (χ3n) is 2.79. The van der Waals surface area contributed by atoms with Crippen LogP contribution in [-0.4, -0.2) is 14.8 Å². The van der Waals surface area contributed by atoms with Crippen LogP contribution in [0.4, 0.5) is 23.2 Å². The molecule has 0 amide bonds. The van der Waals surface area contributed by atoms with E-state index in [-0.39, 0.29) is 10.6 Å². The quantitative estimate of drug-likeness (QED) is 0.854. The summed E-state index contributed by atoms with van der Waals surface area (Å²) in [5.74, 6) is -1.13. The summed E-state index contributed by atoms with van der Waals surface area (Å²) in [5.41, 5.74) is 0.352. The average Bonchev–Trinajstić information content (AvgIpc) is 2.41. The Hall–Kier alpha value is -2.29. The lowest BCUT2D eigenvalue weighted by Gasteiger charge is -2.11. The third-order valence-corrected chi connectivity index (χ3v) is 4.19. The molecule has 0 radical (unpaired) electrons. The van der Waals surface area contributed by atoms with E-state index in [0.717, 1.165) is 30.3 Å². The van der Waals surface area contributed by atoms with Crippen LogP contribution in [0.1, 0.15) is 5.56 Å². The molecule has 0 spiro atoms. The normalized spacial score (nSPS) is 12.0. The van der Waals surface area contributed by atoms with Crippen molar-refractivity contribution < 1.29 is 30.7 Å². The van der Waals surface area contributed by atoms with E-state index in [1.165, 1.54) is 19.1 Å². The van der Waals surface area contributed by atoms with Gasteiger partial charge in [0.1, 0.15) is 11.6 Å². The molecular weight excluding hydrogens is 338 g/mol. The van der Waals surface area contributed by atoms with E-state index in [4.69, 9.17) is 0 Å². The number of alkyl halides is 3. The van der Waals surface area contributed by atoms with E-state index in [1.54, 1.807) is 0 Å². The maximum atomic E-state index is 13.4. The first-order valence-electron chi connectivity index (χ1n) is 6.22. The molecule has 124 valence electrons. The number of ether oxygens (including phenoxy) is 1. The number of benzene rings is 2. The Balaban J connectivity index is 2.20. The van der Waals surface area contributed by atoms with Gasteiger partial charge in [-0.3, -0.25) is 4.72 Å². The van der Waals surface area contributed by atoms with E-state index in [2.05, 4.69) is 9.46 Å². The van der Waals surface area contributed by atoms with Crippen LogP contribution in [0.2, 0.25) is 0 Å². The molecule has 0 saturated heterocycles. The zero-order valence-corrected chi connectivity index (χ0v) is 12.5. The van der Waals surface area contributed by atoms with Crippen LogP contribution in [0, 0.1) is 12.7 Å². The first-order chi connectivity index (χ1) is 10.6.